The van der Waals surface area contributed by atoms with Gasteiger partial charge in [0, 0.05) is 13.1 Å². The molecule has 106 valence electrons. The van der Waals surface area contributed by atoms with E-state index < -0.39 is 11.9 Å². The molecule has 20 heavy (non-hydrogen) atoms. The van der Waals surface area contributed by atoms with Crippen LogP contribution >= 0.6 is 15.9 Å². The fourth-order valence-corrected chi connectivity index (χ4v) is 2.69. The van der Waals surface area contributed by atoms with Crippen LogP contribution in [0.1, 0.15) is 25.3 Å². The van der Waals surface area contributed by atoms with Crippen molar-refractivity contribution >= 4 is 27.5 Å². The summed E-state index contributed by atoms with van der Waals surface area (Å²) < 4.78 is 14.2. The van der Waals surface area contributed by atoms with E-state index >= 15 is 0 Å². The van der Waals surface area contributed by atoms with Gasteiger partial charge < -0.3 is 10.2 Å². The Hall–Kier alpha value is -1.61. The lowest BCUT2D eigenvalue weighted by Gasteiger charge is -2.22. The average molecular weight is 340 g/mol. The number of carbonyl (C=O) groups is 1. The summed E-state index contributed by atoms with van der Waals surface area (Å²) in [5, 5.41) is 11.7. The largest absolute Gasteiger partial charge is 0.371 e. The molecule has 1 amide bonds. The third-order valence-corrected chi connectivity index (χ3v) is 4.14. The maximum Gasteiger partial charge on any atom is 0.244 e. The first-order chi connectivity index (χ1) is 9.54. The summed E-state index contributed by atoms with van der Waals surface area (Å²) in [4.78, 5) is 13.9. The maximum atomic E-state index is 14.1. The lowest BCUT2D eigenvalue weighted by Crippen LogP contribution is -2.39. The molecular weight excluding hydrogens is 325 g/mol. The number of likely N-dealkylation sites (tertiary alicyclic amines) is 1. The summed E-state index contributed by atoms with van der Waals surface area (Å²) in [6.07, 6.45) is 2.05. The lowest BCUT2D eigenvalue weighted by atomic mass is 10.2. The molecule has 1 aliphatic rings. The van der Waals surface area contributed by atoms with Crippen LogP contribution in [0.3, 0.4) is 0 Å². The van der Waals surface area contributed by atoms with Crippen LogP contribution in [0, 0.1) is 17.1 Å². The van der Waals surface area contributed by atoms with Crippen molar-refractivity contribution < 1.29 is 9.18 Å². The Morgan fingerprint density at radius 3 is 2.75 bits per heavy atom. The summed E-state index contributed by atoms with van der Waals surface area (Å²) in [7, 11) is 0. The van der Waals surface area contributed by atoms with E-state index in [1.807, 2.05) is 6.07 Å². The molecule has 0 aromatic heterocycles. The van der Waals surface area contributed by atoms with Gasteiger partial charge in [0.25, 0.3) is 0 Å². The fourth-order valence-electron chi connectivity index (χ4n) is 2.25. The molecule has 1 unspecified atom stereocenters. The smallest absolute Gasteiger partial charge is 0.244 e. The van der Waals surface area contributed by atoms with Gasteiger partial charge in [0.1, 0.15) is 12.1 Å². The summed E-state index contributed by atoms with van der Waals surface area (Å²) in [6, 6.07) is 4.39. The Bertz CT molecular complexity index is 564. The summed E-state index contributed by atoms with van der Waals surface area (Å²) in [5.74, 6) is -0.576. The standard InChI is InChI=1S/C14H15BrFN3O/c1-9(14(20)19-6-2-3-7-19)18-11-5-4-10(8-17)12(15)13(11)16/h4-5,9,18H,2-3,6-7H2,1H3. The second-order valence-electron chi connectivity index (χ2n) is 4.80. The third-order valence-electron chi connectivity index (χ3n) is 3.36. The number of rotatable bonds is 3. The van der Waals surface area contributed by atoms with Crippen molar-refractivity contribution in [2.24, 2.45) is 0 Å². The number of amides is 1. The summed E-state index contributed by atoms with van der Waals surface area (Å²) >= 11 is 3.05. The number of anilines is 1. The van der Waals surface area contributed by atoms with E-state index in [0.29, 0.717) is 0 Å². The number of nitriles is 1. The number of nitrogens with one attached hydrogen (secondary N) is 1. The SMILES string of the molecule is CC(Nc1ccc(C#N)c(Br)c1F)C(=O)N1CCCC1. The van der Waals surface area contributed by atoms with E-state index in [2.05, 4.69) is 21.2 Å². The Labute approximate surface area is 125 Å². The van der Waals surface area contributed by atoms with Crippen molar-refractivity contribution in [1.82, 2.24) is 4.90 Å². The Morgan fingerprint density at radius 1 is 1.50 bits per heavy atom. The Morgan fingerprint density at radius 2 is 2.15 bits per heavy atom. The van der Waals surface area contributed by atoms with Gasteiger partial charge in [-0.1, -0.05) is 0 Å². The number of hydrogen-bond acceptors (Lipinski definition) is 3. The first kappa shape index (κ1) is 14.8. The van der Waals surface area contributed by atoms with Gasteiger partial charge >= 0.3 is 0 Å². The Balaban J connectivity index is 2.12. The molecule has 1 heterocycles. The van der Waals surface area contributed by atoms with Crippen molar-refractivity contribution in [2.75, 3.05) is 18.4 Å². The van der Waals surface area contributed by atoms with Crippen LogP contribution in [-0.2, 0) is 4.79 Å². The Kier molecular flexibility index (Phi) is 4.61. The first-order valence-corrected chi connectivity index (χ1v) is 7.27. The topological polar surface area (TPSA) is 56.1 Å². The number of halogens is 2. The molecule has 0 radical (unpaired) electrons. The van der Waals surface area contributed by atoms with Gasteiger partial charge in [-0.3, -0.25) is 4.79 Å². The minimum atomic E-state index is -0.551. The molecule has 0 saturated carbocycles. The van der Waals surface area contributed by atoms with E-state index in [-0.39, 0.29) is 21.6 Å². The first-order valence-electron chi connectivity index (χ1n) is 6.48. The molecule has 1 aromatic rings. The highest BCUT2D eigenvalue weighted by molar-refractivity contribution is 9.10. The quantitative estimate of drug-likeness (QED) is 0.921. The van der Waals surface area contributed by atoms with E-state index in [1.165, 1.54) is 12.1 Å². The van der Waals surface area contributed by atoms with Crippen molar-refractivity contribution in [1.29, 1.82) is 5.26 Å². The molecule has 1 aromatic carbocycles. The normalized spacial score (nSPS) is 15.8. The van der Waals surface area contributed by atoms with Crippen molar-refractivity contribution in [3.8, 4) is 6.07 Å². The van der Waals surface area contributed by atoms with Crippen LogP contribution in [0.15, 0.2) is 16.6 Å². The van der Waals surface area contributed by atoms with Crippen LogP contribution in [0.25, 0.3) is 0 Å². The fraction of sp³-hybridized carbons (Fsp3) is 0.429. The van der Waals surface area contributed by atoms with Gasteiger partial charge in [0.05, 0.1) is 15.7 Å². The predicted octanol–water partition coefficient (Wildman–Crippen LogP) is 2.88. The minimum Gasteiger partial charge on any atom is -0.371 e. The minimum absolute atomic E-state index is 0.0256. The molecule has 6 heteroatoms. The molecule has 1 atom stereocenters. The molecule has 0 bridgehead atoms. The number of carbonyl (C=O) groups excluding carboxylic acids is 1. The summed E-state index contributed by atoms with van der Waals surface area (Å²) in [6.45, 7) is 3.25. The molecule has 0 aliphatic carbocycles. The monoisotopic (exact) mass is 339 g/mol. The molecule has 1 fully saturated rings. The van der Waals surface area contributed by atoms with Crippen LogP contribution in [0.4, 0.5) is 10.1 Å². The van der Waals surface area contributed by atoms with E-state index in [4.69, 9.17) is 5.26 Å². The molecule has 4 nitrogen and oxygen atoms in total. The molecule has 0 spiro atoms. The van der Waals surface area contributed by atoms with Crippen LogP contribution in [0.5, 0.6) is 0 Å². The highest BCUT2D eigenvalue weighted by Gasteiger charge is 2.24. The second-order valence-corrected chi connectivity index (χ2v) is 5.59. The second kappa shape index (κ2) is 6.23. The number of benzene rings is 1. The highest BCUT2D eigenvalue weighted by atomic mass is 79.9. The van der Waals surface area contributed by atoms with Gasteiger partial charge in [-0.2, -0.15) is 5.26 Å². The number of nitrogens with zero attached hydrogens (tertiary/aromatic N) is 2. The van der Waals surface area contributed by atoms with Crippen LogP contribution in [-0.4, -0.2) is 29.9 Å². The van der Waals surface area contributed by atoms with Crippen LogP contribution in [0.2, 0.25) is 0 Å². The zero-order chi connectivity index (χ0) is 14.7. The van der Waals surface area contributed by atoms with Gasteiger partial charge in [-0.05, 0) is 47.8 Å². The predicted molar refractivity (Wildman–Crippen MR) is 77.7 cm³/mol. The lowest BCUT2D eigenvalue weighted by molar-refractivity contribution is -0.130. The molecular formula is C14H15BrFN3O. The van der Waals surface area contributed by atoms with Gasteiger partial charge in [0.15, 0.2) is 5.82 Å². The average Bonchev–Trinajstić information content (AvgIpc) is 2.97. The van der Waals surface area contributed by atoms with E-state index in [0.717, 1.165) is 25.9 Å². The van der Waals surface area contributed by atoms with E-state index in [9.17, 15) is 9.18 Å². The molecule has 1 saturated heterocycles. The maximum absolute atomic E-state index is 14.1. The molecule has 1 aliphatic heterocycles. The molecule has 2 rings (SSSR count). The molecule has 1 N–H and O–H groups in total. The van der Waals surface area contributed by atoms with Gasteiger partial charge in [-0.15, -0.1) is 0 Å². The van der Waals surface area contributed by atoms with Crippen molar-refractivity contribution in [2.45, 2.75) is 25.8 Å². The zero-order valence-corrected chi connectivity index (χ0v) is 12.7. The van der Waals surface area contributed by atoms with Gasteiger partial charge in [-0.25, -0.2) is 4.39 Å². The van der Waals surface area contributed by atoms with Crippen molar-refractivity contribution in [3.63, 3.8) is 0 Å². The number of hydrogen-bond donors (Lipinski definition) is 1. The zero-order valence-electron chi connectivity index (χ0n) is 11.1. The van der Waals surface area contributed by atoms with Crippen LogP contribution < -0.4 is 5.32 Å². The van der Waals surface area contributed by atoms with Crippen molar-refractivity contribution in [3.05, 3.63) is 28.0 Å². The third kappa shape index (κ3) is 2.93. The highest BCUT2D eigenvalue weighted by Crippen LogP contribution is 2.27. The van der Waals surface area contributed by atoms with Gasteiger partial charge in [0.2, 0.25) is 5.91 Å². The summed E-state index contributed by atoms with van der Waals surface area (Å²) in [5.41, 5.74) is 0.447. The van der Waals surface area contributed by atoms with E-state index in [1.54, 1.807) is 11.8 Å².